The number of nitrogens with two attached hydrogens (primary N) is 1. The minimum atomic E-state index is 0.429. The maximum absolute atomic E-state index is 6.16. The predicted octanol–water partition coefficient (Wildman–Crippen LogP) is 3.19. The highest BCUT2D eigenvalue weighted by atomic mass is 14.8. The summed E-state index contributed by atoms with van der Waals surface area (Å²) in [6, 6.07) is 0.474. The fraction of sp³-hybridized carbons (Fsp3) is 1.00. The summed E-state index contributed by atoms with van der Waals surface area (Å²) >= 11 is 0. The molecule has 0 heterocycles. The lowest BCUT2D eigenvalue weighted by Gasteiger charge is -2.36. The summed E-state index contributed by atoms with van der Waals surface area (Å²) in [4.78, 5) is 0. The van der Waals surface area contributed by atoms with Crippen LogP contribution in [0.15, 0.2) is 0 Å². The molecule has 1 heteroatoms. The standard InChI is InChI=1S/C13H25N/c1-12(2)7-5-6-9(8-12)10-11(14)13(10,3)4/h9-11H,5-8,14H2,1-4H3/t9?,10-,11-/m1/s1. The van der Waals surface area contributed by atoms with Crippen molar-refractivity contribution in [1.82, 2.24) is 0 Å². The van der Waals surface area contributed by atoms with Crippen LogP contribution in [0.4, 0.5) is 0 Å². The van der Waals surface area contributed by atoms with Crippen molar-refractivity contribution >= 4 is 0 Å². The zero-order chi connectivity index (χ0) is 10.6. The largest absolute Gasteiger partial charge is 0.327 e. The third-order valence-corrected chi connectivity index (χ3v) is 4.75. The van der Waals surface area contributed by atoms with E-state index >= 15 is 0 Å². The minimum Gasteiger partial charge on any atom is -0.327 e. The second kappa shape index (κ2) is 2.98. The van der Waals surface area contributed by atoms with Gasteiger partial charge in [0.2, 0.25) is 0 Å². The monoisotopic (exact) mass is 195 g/mol. The maximum atomic E-state index is 6.16. The maximum Gasteiger partial charge on any atom is 0.0130 e. The Morgan fingerprint density at radius 2 is 1.71 bits per heavy atom. The smallest absolute Gasteiger partial charge is 0.0130 e. The first-order valence-electron chi connectivity index (χ1n) is 6.10. The van der Waals surface area contributed by atoms with Gasteiger partial charge in [-0.1, -0.05) is 40.5 Å². The molecule has 2 aliphatic carbocycles. The highest BCUT2D eigenvalue weighted by Crippen LogP contribution is 2.59. The molecule has 0 bridgehead atoms. The first kappa shape index (κ1) is 10.5. The summed E-state index contributed by atoms with van der Waals surface area (Å²) in [5, 5.41) is 0. The lowest BCUT2D eigenvalue weighted by atomic mass is 9.70. The molecule has 0 aromatic carbocycles. The summed E-state index contributed by atoms with van der Waals surface area (Å²) in [5.74, 6) is 1.71. The third kappa shape index (κ3) is 1.60. The Labute approximate surface area is 88.4 Å². The van der Waals surface area contributed by atoms with Crippen LogP contribution < -0.4 is 5.73 Å². The molecule has 0 aliphatic heterocycles. The normalized spacial score (nSPS) is 44.8. The van der Waals surface area contributed by atoms with Crippen LogP contribution in [-0.4, -0.2) is 6.04 Å². The predicted molar refractivity (Wildman–Crippen MR) is 61.0 cm³/mol. The summed E-state index contributed by atoms with van der Waals surface area (Å²) in [6.07, 6.45) is 5.64. The van der Waals surface area contributed by atoms with Crippen LogP contribution >= 0.6 is 0 Å². The fourth-order valence-corrected chi connectivity index (χ4v) is 3.68. The molecule has 0 spiro atoms. The van der Waals surface area contributed by atoms with E-state index < -0.39 is 0 Å². The van der Waals surface area contributed by atoms with Gasteiger partial charge in [-0.2, -0.15) is 0 Å². The van der Waals surface area contributed by atoms with E-state index in [1.165, 1.54) is 25.7 Å². The van der Waals surface area contributed by atoms with Crippen LogP contribution in [-0.2, 0) is 0 Å². The number of hydrogen-bond donors (Lipinski definition) is 1. The molecule has 82 valence electrons. The third-order valence-electron chi connectivity index (χ3n) is 4.75. The molecule has 0 aromatic heterocycles. The van der Waals surface area contributed by atoms with Gasteiger partial charge in [0.25, 0.3) is 0 Å². The molecule has 2 aliphatic rings. The van der Waals surface area contributed by atoms with Gasteiger partial charge in [0, 0.05) is 6.04 Å². The van der Waals surface area contributed by atoms with Gasteiger partial charge in [0.05, 0.1) is 0 Å². The summed E-state index contributed by atoms with van der Waals surface area (Å²) in [7, 11) is 0. The van der Waals surface area contributed by atoms with Gasteiger partial charge >= 0.3 is 0 Å². The zero-order valence-corrected chi connectivity index (χ0v) is 10.1. The lowest BCUT2D eigenvalue weighted by Crippen LogP contribution is -2.25. The fourth-order valence-electron chi connectivity index (χ4n) is 3.68. The Hall–Kier alpha value is -0.0400. The number of rotatable bonds is 1. The molecule has 0 saturated heterocycles. The quantitative estimate of drug-likeness (QED) is 0.683. The SMILES string of the molecule is CC1(C)CCCC([C@@H]2[C@@H](N)C2(C)C)C1. The summed E-state index contributed by atoms with van der Waals surface area (Å²) < 4.78 is 0. The Morgan fingerprint density at radius 1 is 1.14 bits per heavy atom. The first-order chi connectivity index (χ1) is 6.34. The van der Waals surface area contributed by atoms with Crippen LogP contribution in [0.3, 0.4) is 0 Å². The Kier molecular flexibility index (Phi) is 2.23. The molecule has 0 radical (unpaired) electrons. The molecule has 14 heavy (non-hydrogen) atoms. The minimum absolute atomic E-state index is 0.429. The van der Waals surface area contributed by atoms with Crippen molar-refractivity contribution in [2.45, 2.75) is 59.4 Å². The molecular weight excluding hydrogens is 170 g/mol. The van der Waals surface area contributed by atoms with Crippen LogP contribution in [0.2, 0.25) is 0 Å². The van der Waals surface area contributed by atoms with E-state index in [1.54, 1.807) is 0 Å². The Balaban J connectivity index is 2.00. The highest BCUT2D eigenvalue weighted by Gasteiger charge is 2.59. The molecule has 2 fully saturated rings. The van der Waals surface area contributed by atoms with Gasteiger partial charge in [-0.15, -0.1) is 0 Å². The van der Waals surface area contributed by atoms with E-state index in [-0.39, 0.29) is 0 Å². The second-order valence-electron chi connectivity index (χ2n) is 6.89. The molecule has 1 nitrogen and oxygen atoms in total. The topological polar surface area (TPSA) is 26.0 Å². The van der Waals surface area contributed by atoms with Crippen molar-refractivity contribution < 1.29 is 0 Å². The molecule has 0 amide bonds. The molecule has 1 unspecified atom stereocenters. The van der Waals surface area contributed by atoms with Crippen LogP contribution in [0.25, 0.3) is 0 Å². The summed E-state index contributed by atoms with van der Waals surface area (Å²) in [5.41, 5.74) is 7.16. The van der Waals surface area contributed by atoms with Gasteiger partial charge in [-0.05, 0) is 35.5 Å². The van der Waals surface area contributed by atoms with Crippen molar-refractivity contribution in [1.29, 1.82) is 0 Å². The average Bonchev–Trinajstić information content (AvgIpc) is 2.49. The molecule has 2 N–H and O–H groups in total. The first-order valence-corrected chi connectivity index (χ1v) is 6.10. The average molecular weight is 195 g/mol. The van der Waals surface area contributed by atoms with E-state index in [9.17, 15) is 0 Å². The molecular formula is C13H25N. The molecule has 0 aromatic rings. The van der Waals surface area contributed by atoms with E-state index in [2.05, 4.69) is 27.7 Å². The van der Waals surface area contributed by atoms with Crippen LogP contribution in [0.5, 0.6) is 0 Å². The summed E-state index contributed by atoms with van der Waals surface area (Å²) in [6.45, 7) is 9.51. The van der Waals surface area contributed by atoms with Gasteiger partial charge < -0.3 is 5.73 Å². The zero-order valence-electron chi connectivity index (χ0n) is 10.1. The molecule has 2 rings (SSSR count). The second-order valence-corrected chi connectivity index (χ2v) is 6.89. The van der Waals surface area contributed by atoms with Gasteiger partial charge in [-0.3, -0.25) is 0 Å². The van der Waals surface area contributed by atoms with Crippen LogP contribution in [0, 0.1) is 22.7 Å². The highest BCUT2D eigenvalue weighted by molar-refractivity contribution is 5.12. The number of hydrogen-bond acceptors (Lipinski definition) is 1. The van der Waals surface area contributed by atoms with E-state index in [1.807, 2.05) is 0 Å². The van der Waals surface area contributed by atoms with Crippen molar-refractivity contribution in [2.75, 3.05) is 0 Å². The van der Waals surface area contributed by atoms with Gasteiger partial charge in [0.1, 0.15) is 0 Å². The van der Waals surface area contributed by atoms with Gasteiger partial charge in [-0.25, -0.2) is 0 Å². The molecule has 2 saturated carbocycles. The lowest BCUT2D eigenvalue weighted by molar-refractivity contribution is 0.154. The Bertz CT molecular complexity index is 227. The van der Waals surface area contributed by atoms with E-state index in [0.29, 0.717) is 16.9 Å². The van der Waals surface area contributed by atoms with E-state index in [4.69, 9.17) is 5.73 Å². The van der Waals surface area contributed by atoms with Crippen molar-refractivity contribution in [2.24, 2.45) is 28.4 Å². The van der Waals surface area contributed by atoms with Crippen molar-refractivity contribution in [3.05, 3.63) is 0 Å². The van der Waals surface area contributed by atoms with Crippen molar-refractivity contribution in [3.63, 3.8) is 0 Å². The molecule has 3 atom stereocenters. The van der Waals surface area contributed by atoms with Crippen molar-refractivity contribution in [3.8, 4) is 0 Å². The Morgan fingerprint density at radius 3 is 2.14 bits per heavy atom. The van der Waals surface area contributed by atoms with Gasteiger partial charge in [0.15, 0.2) is 0 Å². The van der Waals surface area contributed by atoms with E-state index in [0.717, 1.165) is 11.8 Å². The van der Waals surface area contributed by atoms with Crippen LogP contribution in [0.1, 0.15) is 53.4 Å².